The molecular formula is C69H69N3. The summed E-state index contributed by atoms with van der Waals surface area (Å²) < 4.78 is 0. The molecule has 0 bridgehead atoms. The van der Waals surface area contributed by atoms with Gasteiger partial charge in [0.2, 0.25) is 0 Å². The van der Waals surface area contributed by atoms with Gasteiger partial charge < -0.3 is 14.7 Å². The molecule has 0 aromatic heterocycles. The number of rotatable bonds is 9. The molecule has 9 aromatic rings. The number of benzene rings is 9. The Balaban J connectivity index is 1.24. The molecular weight excluding hydrogens is 871 g/mol. The highest BCUT2D eigenvalue weighted by Gasteiger charge is 2.47. The summed E-state index contributed by atoms with van der Waals surface area (Å²) in [7, 11) is 0. The van der Waals surface area contributed by atoms with Crippen LogP contribution in [0.2, 0.25) is 0 Å². The van der Waals surface area contributed by atoms with Crippen LogP contribution in [-0.2, 0) is 5.41 Å². The fourth-order valence-corrected chi connectivity index (χ4v) is 11.4. The average molecular weight is 940 g/mol. The number of para-hydroxylation sites is 1. The smallest absolute Gasteiger partial charge is 0.0742 e. The van der Waals surface area contributed by atoms with Crippen molar-refractivity contribution in [2.75, 3.05) is 14.7 Å². The quantitative estimate of drug-likeness (QED) is 0.143. The summed E-state index contributed by atoms with van der Waals surface area (Å²) in [4.78, 5) is 7.45. The zero-order valence-corrected chi connectivity index (χ0v) is 44.9. The van der Waals surface area contributed by atoms with E-state index in [0.717, 1.165) is 17.1 Å². The molecule has 0 amide bonds. The minimum absolute atomic E-state index is 0.703. The van der Waals surface area contributed by atoms with E-state index in [1.54, 1.807) is 0 Å². The molecule has 0 unspecified atom stereocenters. The largest absolute Gasteiger partial charge is 0.310 e. The van der Waals surface area contributed by atoms with Crippen molar-refractivity contribution in [3.63, 3.8) is 0 Å². The molecule has 1 aliphatic heterocycles. The number of nitrogens with zero attached hydrogens (tertiary/aromatic N) is 3. The maximum absolute atomic E-state index is 2.49. The molecule has 0 fully saturated rings. The minimum Gasteiger partial charge on any atom is -0.310 e. The van der Waals surface area contributed by atoms with E-state index in [-0.39, 0.29) is 0 Å². The van der Waals surface area contributed by atoms with E-state index >= 15 is 0 Å². The summed E-state index contributed by atoms with van der Waals surface area (Å²) in [6, 6.07) is 63.1. The number of anilines is 9. The van der Waals surface area contributed by atoms with Crippen molar-refractivity contribution in [3.05, 3.63) is 264 Å². The van der Waals surface area contributed by atoms with Crippen LogP contribution in [0, 0.1) is 96.9 Å². The molecule has 0 saturated heterocycles. The summed E-state index contributed by atoms with van der Waals surface area (Å²) in [6.07, 6.45) is 0. The Kier molecular flexibility index (Phi) is 12.4. The van der Waals surface area contributed by atoms with Crippen LogP contribution in [0.15, 0.2) is 164 Å². The van der Waals surface area contributed by atoms with E-state index in [1.165, 1.54) is 134 Å². The highest BCUT2D eigenvalue weighted by atomic mass is 15.2. The van der Waals surface area contributed by atoms with Gasteiger partial charge in [0.1, 0.15) is 0 Å². The van der Waals surface area contributed by atoms with Crippen molar-refractivity contribution in [1.29, 1.82) is 0 Å². The maximum Gasteiger partial charge on any atom is 0.0742 e. The lowest BCUT2D eigenvalue weighted by Gasteiger charge is -2.47. The van der Waals surface area contributed by atoms with E-state index in [9.17, 15) is 0 Å². The van der Waals surface area contributed by atoms with Gasteiger partial charge in [-0.05, 0) is 259 Å². The summed E-state index contributed by atoms with van der Waals surface area (Å²) in [5.74, 6) is 0. The summed E-state index contributed by atoms with van der Waals surface area (Å²) in [5.41, 5.74) is 32.5. The first-order valence-corrected chi connectivity index (χ1v) is 25.7. The van der Waals surface area contributed by atoms with Gasteiger partial charge in [0.05, 0.1) is 16.8 Å². The lowest BCUT2D eigenvalue weighted by Crippen LogP contribution is -2.38. The number of fused-ring (bicyclic) bond motifs is 2. The SMILES string of the molecule is Cc1ccc(N2c3ccccc3C(c3ccc(N(c4cc(C)c(C)cc4C)c4cc(C)c(C)cc4C)cc3)(c3ccc(N(c4cc(C)c(C)cc4C)c4cc(C)c(C)cc4C)cc3)c3cc(C)ccc32)cc1. The van der Waals surface area contributed by atoms with Gasteiger partial charge in [0.15, 0.2) is 0 Å². The zero-order chi connectivity index (χ0) is 50.9. The highest BCUT2D eigenvalue weighted by Crippen LogP contribution is 2.58. The standard InChI is InChI=1S/C69H69N3/c1-42-19-26-58(27-20-42)70-63-18-16-15-17-61(63)69(62-33-43(2)21-32-64(62)70,56-22-28-59(29-23-56)71(65-38-48(7)44(3)34-52(65)11)66-39-49(8)45(4)35-53(66)12)57-24-30-60(31-25-57)72(67-40-50(9)46(5)36-54(67)13)68-41-51(10)47(6)37-55(68)14/h15-41H,1-14H3. The molecule has 3 heteroatoms. The Hall–Kier alpha value is -7.62. The molecule has 1 aliphatic rings. The van der Waals surface area contributed by atoms with Gasteiger partial charge in [-0.2, -0.15) is 0 Å². The molecule has 0 spiro atoms. The van der Waals surface area contributed by atoms with Gasteiger partial charge in [-0.3, -0.25) is 0 Å². The van der Waals surface area contributed by atoms with Crippen molar-refractivity contribution < 1.29 is 0 Å². The third-order valence-corrected chi connectivity index (χ3v) is 16.0. The van der Waals surface area contributed by atoms with Crippen molar-refractivity contribution in [1.82, 2.24) is 0 Å². The molecule has 1 heterocycles. The topological polar surface area (TPSA) is 9.72 Å². The molecule has 0 saturated carbocycles. The van der Waals surface area contributed by atoms with Crippen molar-refractivity contribution in [2.45, 2.75) is 102 Å². The Morgan fingerprint density at radius 2 is 0.639 bits per heavy atom. The van der Waals surface area contributed by atoms with Crippen LogP contribution < -0.4 is 14.7 Å². The van der Waals surface area contributed by atoms with Crippen LogP contribution >= 0.6 is 0 Å². The monoisotopic (exact) mass is 940 g/mol. The van der Waals surface area contributed by atoms with Gasteiger partial charge >= 0.3 is 0 Å². The first-order chi connectivity index (χ1) is 34.5. The third kappa shape index (κ3) is 8.10. The van der Waals surface area contributed by atoms with Crippen LogP contribution in [0.3, 0.4) is 0 Å². The fraction of sp³-hybridized carbons (Fsp3) is 0.217. The van der Waals surface area contributed by atoms with E-state index in [1.807, 2.05) is 0 Å². The van der Waals surface area contributed by atoms with Crippen molar-refractivity contribution >= 4 is 51.2 Å². The fourth-order valence-electron chi connectivity index (χ4n) is 11.4. The van der Waals surface area contributed by atoms with Crippen LogP contribution in [-0.4, -0.2) is 0 Å². The van der Waals surface area contributed by atoms with Gasteiger partial charge in [0.25, 0.3) is 0 Å². The second-order valence-electron chi connectivity index (χ2n) is 21.1. The van der Waals surface area contributed by atoms with Crippen molar-refractivity contribution in [2.24, 2.45) is 0 Å². The third-order valence-electron chi connectivity index (χ3n) is 16.0. The summed E-state index contributed by atoms with van der Waals surface area (Å²) in [6.45, 7) is 31.2. The Morgan fingerprint density at radius 1 is 0.292 bits per heavy atom. The lowest BCUT2D eigenvalue weighted by molar-refractivity contribution is 0.730. The van der Waals surface area contributed by atoms with Crippen LogP contribution in [0.1, 0.15) is 100 Å². The normalized spacial score (nSPS) is 12.7. The molecule has 360 valence electrons. The summed E-state index contributed by atoms with van der Waals surface area (Å²) in [5, 5.41) is 0. The molecule has 0 N–H and O–H groups in total. The zero-order valence-electron chi connectivity index (χ0n) is 44.9. The van der Waals surface area contributed by atoms with Gasteiger partial charge in [-0.1, -0.05) is 102 Å². The van der Waals surface area contributed by atoms with Gasteiger partial charge in [0, 0.05) is 39.8 Å². The number of hydrogen-bond donors (Lipinski definition) is 0. The second-order valence-corrected chi connectivity index (χ2v) is 21.1. The van der Waals surface area contributed by atoms with Gasteiger partial charge in [-0.15, -0.1) is 0 Å². The predicted octanol–water partition coefficient (Wildman–Crippen LogP) is 19.1. The lowest BCUT2D eigenvalue weighted by atomic mass is 9.62. The van der Waals surface area contributed by atoms with Crippen LogP contribution in [0.5, 0.6) is 0 Å². The number of aryl methyl sites for hydroxylation is 14. The van der Waals surface area contributed by atoms with E-state index in [0.29, 0.717) is 0 Å². The first-order valence-electron chi connectivity index (χ1n) is 25.7. The molecule has 0 atom stereocenters. The average Bonchev–Trinajstić information content (AvgIpc) is 3.35. The molecule has 10 rings (SSSR count). The molecule has 0 aliphatic carbocycles. The Morgan fingerprint density at radius 3 is 1.04 bits per heavy atom. The first kappa shape index (κ1) is 48.0. The Bertz CT molecular complexity index is 3280. The molecule has 72 heavy (non-hydrogen) atoms. The van der Waals surface area contributed by atoms with Crippen LogP contribution in [0.25, 0.3) is 0 Å². The van der Waals surface area contributed by atoms with Crippen LogP contribution in [0.4, 0.5) is 51.2 Å². The second kappa shape index (κ2) is 18.5. The van der Waals surface area contributed by atoms with E-state index in [2.05, 4.69) is 275 Å². The van der Waals surface area contributed by atoms with Gasteiger partial charge in [-0.25, -0.2) is 0 Å². The maximum atomic E-state index is 2.49. The number of hydrogen-bond acceptors (Lipinski definition) is 3. The highest BCUT2D eigenvalue weighted by molar-refractivity contribution is 5.91. The molecule has 0 radical (unpaired) electrons. The summed E-state index contributed by atoms with van der Waals surface area (Å²) >= 11 is 0. The Labute approximate surface area is 430 Å². The minimum atomic E-state index is -0.703. The van der Waals surface area contributed by atoms with Crippen molar-refractivity contribution in [3.8, 4) is 0 Å². The molecule has 9 aromatic carbocycles. The predicted molar refractivity (Wildman–Crippen MR) is 309 cm³/mol. The molecule has 3 nitrogen and oxygen atoms in total. The van der Waals surface area contributed by atoms with E-state index in [4.69, 9.17) is 0 Å². The van der Waals surface area contributed by atoms with E-state index < -0.39 is 5.41 Å².